The van der Waals surface area contributed by atoms with Crippen molar-refractivity contribution in [2.24, 2.45) is 5.92 Å². The van der Waals surface area contributed by atoms with Gasteiger partial charge >= 0.3 is 0 Å². The maximum Gasteiger partial charge on any atom is 0.0402 e. The van der Waals surface area contributed by atoms with Gasteiger partial charge in [0.25, 0.3) is 0 Å². The lowest BCUT2D eigenvalue weighted by atomic mass is 10.3. The second-order valence-corrected chi connectivity index (χ2v) is 1.71. The molecule has 0 aromatic heterocycles. The fourth-order valence-electron chi connectivity index (χ4n) is 0. The monoisotopic (exact) mass is 103 g/mol. The molecule has 45 valence electrons. The van der Waals surface area contributed by atoms with Crippen LogP contribution in [0.1, 0.15) is 20.8 Å². The van der Waals surface area contributed by atoms with Crippen LogP contribution >= 0.6 is 0 Å². The molecule has 1 radical (unpaired) electrons. The fraction of sp³-hybridized carbons (Fsp3) is 0.833. The van der Waals surface area contributed by atoms with Gasteiger partial charge in [0.2, 0.25) is 0 Å². The van der Waals surface area contributed by atoms with Gasteiger partial charge < -0.3 is 5.11 Å². The molecule has 0 atom stereocenters. The summed E-state index contributed by atoms with van der Waals surface area (Å²) in [6, 6.07) is 0. The number of hydrogen-bond acceptors (Lipinski definition) is 1. The fourth-order valence-corrected chi connectivity index (χ4v) is 0. The van der Waals surface area contributed by atoms with Crippen molar-refractivity contribution in [3.63, 3.8) is 0 Å². The molecule has 7 heavy (non-hydrogen) atoms. The van der Waals surface area contributed by atoms with Crippen molar-refractivity contribution in [3.05, 3.63) is 6.92 Å². The first kappa shape index (κ1) is 10.0. The van der Waals surface area contributed by atoms with Crippen molar-refractivity contribution < 1.29 is 5.11 Å². The Bertz CT molecular complexity index is 15.4. The van der Waals surface area contributed by atoms with Crippen LogP contribution in [0.5, 0.6) is 0 Å². The Kier molecular flexibility index (Phi) is 13.4. The minimum absolute atomic E-state index is 0.250. The lowest BCUT2D eigenvalue weighted by Gasteiger charge is -1.78. The molecule has 0 spiro atoms. The number of hydrogen-bond donors (Lipinski definition) is 1. The van der Waals surface area contributed by atoms with E-state index >= 15 is 0 Å². The van der Waals surface area contributed by atoms with E-state index in [2.05, 4.69) is 20.8 Å². The van der Waals surface area contributed by atoms with Crippen LogP contribution < -0.4 is 0 Å². The Morgan fingerprint density at radius 3 is 1.57 bits per heavy atom. The first-order chi connectivity index (χ1) is 3.15. The van der Waals surface area contributed by atoms with Crippen LogP contribution in [0, 0.1) is 12.8 Å². The normalized spacial score (nSPS) is 7.71. The maximum absolute atomic E-state index is 7.57. The predicted molar refractivity (Wildman–Crippen MR) is 33.0 cm³/mol. The molecular formula is C6H15O. The van der Waals surface area contributed by atoms with Crippen molar-refractivity contribution in [1.82, 2.24) is 0 Å². The summed E-state index contributed by atoms with van der Waals surface area (Å²) >= 11 is 0. The number of aliphatic hydroxyl groups excluding tert-OH is 1. The molecular weight excluding hydrogens is 88.1 g/mol. The summed E-state index contributed by atoms with van der Waals surface area (Å²) in [5, 5.41) is 7.57. The van der Waals surface area contributed by atoms with Crippen molar-refractivity contribution in [3.8, 4) is 0 Å². The molecule has 0 aliphatic rings. The van der Waals surface area contributed by atoms with E-state index in [9.17, 15) is 0 Å². The van der Waals surface area contributed by atoms with Crippen LogP contribution in [0.3, 0.4) is 0 Å². The average Bonchev–Trinajstić information content (AvgIpc) is 1.33. The minimum atomic E-state index is 0.250. The summed E-state index contributed by atoms with van der Waals surface area (Å²) < 4.78 is 0. The van der Waals surface area contributed by atoms with E-state index in [1.54, 1.807) is 6.92 Å². The molecule has 0 aliphatic carbocycles. The van der Waals surface area contributed by atoms with Crippen molar-refractivity contribution in [1.29, 1.82) is 0 Å². The molecule has 0 aromatic rings. The zero-order chi connectivity index (χ0) is 6.28. The molecule has 0 unspecified atom stereocenters. The highest BCUT2D eigenvalue weighted by molar-refractivity contribution is 4.38. The van der Waals surface area contributed by atoms with Gasteiger partial charge in [0.1, 0.15) is 0 Å². The van der Waals surface area contributed by atoms with E-state index in [1.165, 1.54) is 0 Å². The van der Waals surface area contributed by atoms with E-state index in [-0.39, 0.29) is 6.61 Å². The van der Waals surface area contributed by atoms with Crippen molar-refractivity contribution in [2.45, 2.75) is 20.8 Å². The van der Waals surface area contributed by atoms with Gasteiger partial charge in [-0.25, -0.2) is 0 Å². The van der Waals surface area contributed by atoms with E-state index in [0.29, 0.717) is 5.92 Å². The van der Waals surface area contributed by atoms with Gasteiger partial charge in [-0.15, -0.1) is 0 Å². The Balaban J connectivity index is 0. The zero-order valence-electron chi connectivity index (χ0n) is 5.44. The summed E-state index contributed by atoms with van der Waals surface area (Å²) in [7, 11) is 0. The molecule has 0 aromatic carbocycles. The highest BCUT2D eigenvalue weighted by atomic mass is 16.2. The summed E-state index contributed by atoms with van der Waals surface area (Å²) in [6.07, 6.45) is 0. The Hall–Kier alpha value is -0.0400. The smallest absolute Gasteiger partial charge is 0.0402 e. The van der Waals surface area contributed by atoms with E-state index in [4.69, 9.17) is 5.11 Å². The largest absolute Gasteiger partial charge is 0.397 e. The minimum Gasteiger partial charge on any atom is -0.397 e. The van der Waals surface area contributed by atoms with Crippen LogP contribution in [0.4, 0.5) is 0 Å². The molecule has 0 rings (SSSR count). The van der Waals surface area contributed by atoms with Gasteiger partial charge in [0.05, 0.1) is 0 Å². The van der Waals surface area contributed by atoms with E-state index < -0.39 is 0 Å². The molecule has 1 nitrogen and oxygen atoms in total. The molecule has 0 aliphatic heterocycles. The lowest BCUT2D eigenvalue weighted by molar-refractivity contribution is 0.318. The molecule has 0 heterocycles. The van der Waals surface area contributed by atoms with Gasteiger partial charge in [0.15, 0.2) is 0 Å². The van der Waals surface area contributed by atoms with Crippen LogP contribution in [-0.2, 0) is 0 Å². The molecule has 0 saturated carbocycles. The Morgan fingerprint density at radius 1 is 1.57 bits per heavy atom. The van der Waals surface area contributed by atoms with E-state index in [1.807, 2.05) is 0 Å². The third-order valence-corrected chi connectivity index (χ3v) is 0. The number of aliphatic hydroxyl groups is 1. The van der Waals surface area contributed by atoms with Gasteiger partial charge in [-0.3, -0.25) is 0 Å². The van der Waals surface area contributed by atoms with Crippen LogP contribution in [0.2, 0.25) is 0 Å². The van der Waals surface area contributed by atoms with Gasteiger partial charge in [-0.05, 0) is 12.8 Å². The average molecular weight is 103 g/mol. The second kappa shape index (κ2) is 9.35. The molecule has 0 saturated heterocycles. The maximum atomic E-state index is 7.57. The standard InChI is InChI=1S/C4H9.C2H6O/c1-4(2)3;1-2-3/h4H,1H2,2-3H3;3H,2H2,1H3. The van der Waals surface area contributed by atoms with Crippen LogP contribution in [-0.4, -0.2) is 11.7 Å². The first-order valence-electron chi connectivity index (χ1n) is 2.59. The topological polar surface area (TPSA) is 20.2 Å². The van der Waals surface area contributed by atoms with Crippen molar-refractivity contribution >= 4 is 0 Å². The molecule has 0 amide bonds. The second-order valence-electron chi connectivity index (χ2n) is 1.71. The molecule has 0 bridgehead atoms. The Morgan fingerprint density at radius 2 is 1.57 bits per heavy atom. The molecule has 1 N–H and O–H groups in total. The summed E-state index contributed by atoms with van der Waals surface area (Å²) in [5.74, 6) is 0.583. The van der Waals surface area contributed by atoms with Crippen LogP contribution in [0.25, 0.3) is 0 Å². The lowest BCUT2D eigenvalue weighted by Crippen LogP contribution is -1.67. The van der Waals surface area contributed by atoms with Crippen LogP contribution in [0.15, 0.2) is 0 Å². The number of rotatable bonds is 0. The Labute approximate surface area is 46.4 Å². The summed E-state index contributed by atoms with van der Waals surface area (Å²) in [4.78, 5) is 0. The van der Waals surface area contributed by atoms with Gasteiger partial charge in [0, 0.05) is 6.61 Å². The highest BCUT2D eigenvalue weighted by Crippen LogP contribution is 1.80. The third-order valence-electron chi connectivity index (χ3n) is 0. The summed E-state index contributed by atoms with van der Waals surface area (Å²) in [5.41, 5.74) is 0. The van der Waals surface area contributed by atoms with Gasteiger partial charge in [-0.1, -0.05) is 20.8 Å². The quantitative estimate of drug-likeness (QED) is 0.492. The third kappa shape index (κ3) is 58400. The SMILES string of the molecule is CCO.[CH2]C(C)C. The summed E-state index contributed by atoms with van der Waals surface area (Å²) in [6.45, 7) is 9.68. The molecule has 1 heteroatoms. The predicted octanol–water partition coefficient (Wildman–Crippen LogP) is 1.48. The highest BCUT2D eigenvalue weighted by Gasteiger charge is 1.68. The first-order valence-corrected chi connectivity index (χ1v) is 2.59. The zero-order valence-corrected chi connectivity index (χ0v) is 5.44. The van der Waals surface area contributed by atoms with Crippen molar-refractivity contribution in [2.75, 3.05) is 6.61 Å². The molecule has 0 fully saturated rings. The van der Waals surface area contributed by atoms with E-state index in [0.717, 1.165) is 0 Å². The van der Waals surface area contributed by atoms with Gasteiger partial charge in [-0.2, -0.15) is 0 Å².